The van der Waals surface area contributed by atoms with Crippen molar-refractivity contribution < 1.29 is 4.42 Å². The third kappa shape index (κ3) is 6.24. The van der Waals surface area contributed by atoms with Gasteiger partial charge < -0.3 is 4.42 Å². The van der Waals surface area contributed by atoms with Crippen LogP contribution in [0.3, 0.4) is 0 Å². The maximum Gasteiger partial charge on any atom is 0.199 e. The van der Waals surface area contributed by atoms with Crippen molar-refractivity contribution in [2.24, 2.45) is 0 Å². The fraction of sp³-hybridized carbons (Fsp3) is 0. The molecular formula is C55H35N3O. The highest BCUT2D eigenvalue weighted by molar-refractivity contribution is 6.22. The zero-order valence-corrected chi connectivity index (χ0v) is 32.0. The van der Waals surface area contributed by atoms with Crippen LogP contribution in [0.5, 0.6) is 0 Å². The molecule has 0 aliphatic heterocycles. The molecule has 0 atom stereocenters. The summed E-state index contributed by atoms with van der Waals surface area (Å²) < 4.78 is 6.31. The van der Waals surface area contributed by atoms with Crippen molar-refractivity contribution in [3.63, 3.8) is 0 Å². The second-order valence-electron chi connectivity index (χ2n) is 14.7. The van der Waals surface area contributed by atoms with Crippen LogP contribution in [0.4, 0.5) is 0 Å². The van der Waals surface area contributed by atoms with Gasteiger partial charge in [-0.1, -0.05) is 194 Å². The van der Waals surface area contributed by atoms with E-state index in [1.54, 1.807) is 0 Å². The van der Waals surface area contributed by atoms with Crippen LogP contribution in [0.25, 0.3) is 111 Å². The Bertz CT molecular complexity index is 3230. The summed E-state index contributed by atoms with van der Waals surface area (Å²) in [4.78, 5) is 15.2. The number of nitrogens with zero attached hydrogens (tertiary/aromatic N) is 3. The Kier molecular flexibility index (Phi) is 8.45. The Labute approximate surface area is 341 Å². The Morgan fingerprint density at radius 3 is 1.46 bits per heavy atom. The number of fused-ring (bicyclic) bond motifs is 3. The molecule has 0 bridgehead atoms. The molecule has 2 aromatic heterocycles. The van der Waals surface area contributed by atoms with Crippen LogP contribution in [0, 0.1) is 0 Å². The minimum Gasteiger partial charge on any atom is -0.453 e. The van der Waals surface area contributed by atoms with Gasteiger partial charge in [-0.25, -0.2) is 15.0 Å². The van der Waals surface area contributed by atoms with E-state index >= 15 is 0 Å². The molecule has 11 aromatic rings. The fourth-order valence-corrected chi connectivity index (χ4v) is 8.39. The highest BCUT2D eigenvalue weighted by atomic mass is 16.3. The van der Waals surface area contributed by atoms with E-state index in [4.69, 9.17) is 19.4 Å². The summed E-state index contributed by atoms with van der Waals surface area (Å²) in [5, 5.41) is 5.82. The minimum atomic E-state index is 0.485. The van der Waals surface area contributed by atoms with Gasteiger partial charge in [0.1, 0.15) is 5.58 Å². The average molecular weight is 754 g/mol. The molecule has 0 saturated carbocycles. The number of para-hydroxylation sites is 1. The minimum absolute atomic E-state index is 0.485. The second-order valence-corrected chi connectivity index (χ2v) is 14.7. The molecule has 0 aliphatic rings. The number of rotatable bonds is 7. The molecule has 276 valence electrons. The first-order valence-electron chi connectivity index (χ1n) is 19.9. The number of benzene rings is 9. The van der Waals surface area contributed by atoms with Crippen LogP contribution in [-0.2, 0) is 0 Å². The van der Waals surface area contributed by atoms with Gasteiger partial charge in [-0.3, -0.25) is 0 Å². The first-order valence-corrected chi connectivity index (χ1v) is 19.9. The Hall–Kier alpha value is -7.95. The van der Waals surface area contributed by atoms with Crippen molar-refractivity contribution >= 4 is 32.5 Å². The highest BCUT2D eigenvalue weighted by Crippen LogP contribution is 2.46. The van der Waals surface area contributed by atoms with E-state index in [1.165, 1.54) is 49.4 Å². The molecule has 11 rings (SSSR count). The van der Waals surface area contributed by atoms with Crippen LogP contribution in [0.1, 0.15) is 0 Å². The Morgan fingerprint density at radius 2 is 0.780 bits per heavy atom. The molecule has 9 aromatic carbocycles. The summed E-state index contributed by atoms with van der Waals surface area (Å²) in [6.07, 6.45) is 0. The van der Waals surface area contributed by atoms with Crippen molar-refractivity contribution in [1.29, 1.82) is 0 Å². The summed E-state index contributed by atoms with van der Waals surface area (Å²) in [6, 6.07) is 74.3. The van der Waals surface area contributed by atoms with Gasteiger partial charge in [0.2, 0.25) is 0 Å². The lowest BCUT2D eigenvalue weighted by atomic mass is 9.84. The van der Waals surface area contributed by atoms with E-state index in [0.29, 0.717) is 23.2 Å². The molecular weight excluding hydrogens is 719 g/mol. The molecule has 2 heterocycles. The van der Waals surface area contributed by atoms with Crippen LogP contribution in [0.2, 0.25) is 0 Å². The van der Waals surface area contributed by atoms with Crippen molar-refractivity contribution in [1.82, 2.24) is 15.0 Å². The van der Waals surface area contributed by atoms with Crippen molar-refractivity contribution in [3.05, 3.63) is 212 Å². The predicted molar refractivity (Wildman–Crippen MR) is 243 cm³/mol. The first kappa shape index (κ1) is 34.3. The largest absolute Gasteiger partial charge is 0.453 e. The van der Waals surface area contributed by atoms with E-state index in [-0.39, 0.29) is 0 Å². The summed E-state index contributed by atoms with van der Waals surface area (Å²) >= 11 is 0. The molecule has 0 saturated heterocycles. The van der Waals surface area contributed by atoms with Gasteiger partial charge in [-0.05, 0) is 84.3 Å². The fourth-order valence-electron chi connectivity index (χ4n) is 8.39. The summed E-state index contributed by atoms with van der Waals surface area (Å²) in [5.74, 6) is 2.23. The zero-order chi connectivity index (χ0) is 39.1. The average Bonchev–Trinajstić information content (AvgIpc) is 3.76. The molecule has 0 spiro atoms. The van der Waals surface area contributed by atoms with Gasteiger partial charge in [0, 0.05) is 16.5 Å². The number of hydrogen-bond donors (Lipinski definition) is 0. The Balaban J connectivity index is 1.06. The molecule has 0 fully saturated rings. The quantitative estimate of drug-likeness (QED) is 0.152. The standard InChI is InChI=1S/C55H35N3O/c1-3-16-36(17-4-1)40-21-15-22-42(34-40)54-56-53(57-55(58-54)50-35-41-20-7-14-29-49(41)59-50)39-32-30-38(31-33-39)51-45-25-10-12-27-47(45)52(48-28-13-11-26-46(48)51)44-24-9-8-23-43(44)37-18-5-2-6-19-37/h1-35H. The second kappa shape index (κ2) is 14.5. The van der Waals surface area contributed by atoms with E-state index in [2.05, 4.69) is 176 Å². The van der Waals surface area contributed by atoms with E-state index in [0.717, 1.165) is 38.8 Å². The molecule has 4 nitrogen and oxygen atoms in total. The van der Waals surface area contributed by atoms with Crippen LogP contribution >= 0.6 is 0 Å². The van der Waals surface area contributed by atoms with Crippen LogP contribution in [0.15, 0.2) is 217 Å². The zero-order valence-electron chi connectivity index (χ0n) is 32.0. The van der Waals surface area contributed by atoms with Gasteiger partial charge >= 0.3 is 0 Å². The molecule has 0 radical (unpaired) electrons. The monoisotopic (exact) mass is 753 g/mol. The highest BCUT2D eigenvalue weighted by Gasteiger charge is 2.20. The van der Waals surface area contributed by atoms with E-state index in [9.17, 15) is 0 Å². The van der Waals surface area contributed by atoms with E-state index < -0.39 is 0 Å². The molecule has 0 aliphatic carbocycles. The maximum atomic E-state index is 6.31. The van der Waals surface area contributed by atoms with Gasteiger partial charge in [0.05, 0.1) is 0 Å². The number of furan rings is 1. The Morgan fingerprint density at radius 1 is 0.288 bits per heavy atom. The normalized spacial score (nSPS) is 11.4. The van der Waals surface area contributed by atoms with Crippen LogP contribution < -0.4 is 0 Å². The molecule has 0 N–H and O–H groups in total. The van der Waals surface area contributed by atoms with Crippen molar-refractivity contribution in [2.45, 2.75) is 0 Å². The van der Waals surface area contributed by atoms with Gasteiger partial charge in [-0.15, -0.1) is 0 Å². The summed E-state index contributed by atoms with van der Waals surface area (Å²) in [7, 11) is 0. The first-order chi connectivity index (χ1) is 29.2. The van der Waals surface area contributed by atoms with Crippen molar-refractivity contribution in [3.8, 4) is 78.9 Å². The molecule has 0 unspecified atom stereocenters. The topological polar surface area (TPSA) is 51.8 Å². The van der Waals surface area contributed by atoms with Gasteiger partial charge in [-0.2, -0.15) is 0 Å². The third-order valence-corrected chi connectivity index (χ3v) is 11.2. The predicted octanol–water partition coefficient (Wildman–Crippen LogP) is 14.6. The maximum absolute atomic E-state index is 6.31. The summed E-state index contributed by atoms with van der Waals surface area (Å²) in [5.41, 5.74) is 12.0. The smallest absolute Gasteiger partial charge is 0.199 e. The van der Waals surface area contributed by atoms with Crippen LogP contribution in [-0.4, -0.2) is 15.0 Å². The summed E-state index contributed by atoms with van der Waals surface area (Å²) in [6.45, 7) is 0. The van der Waals surface area contributed by atoms with E-state index in [1.807, 2.05) is 36.4 Å². The lowest BCUT2D eigenvalue weighted by Crippen LogP contribution is -2.00. The SMILES string of the molecule is c1ccc(-c2cccc(-c3nc(-c4ccc(-c5c6ccccc6c(-c6ccccc6-c6ccccc6)c6ccccc56)cc4)nc(-c4cc5ccccc5o4)n3)c2)cc1. The lowest BCUT2D eigenvalue weighted by Gasteiger charge is -2.19. The van der Waals surface area contributed by atoms with Gasteiger partial charge in [0.15, 0.2) is 23.2 Å². The molecule has 59 heavy (non-hydrogen) atoms. The third-order valence-electron chi connectivity index (χ3n) is 11.2. The molecule has 4 heteroatoms. The number of aromatic nitrogens is 3. The van der Waals surface area contributed by atoms with Gasteiger partial charge in [0.25, 0.3) is 0 Å². The molecule has 0 amide bonds. The number of hydrogen-bond acceptors (Lipinski definition) is 4. The lowest BCUT2D eigenvalue weighted by molar-refractivity contribution is 0.625. The van der Waals surface area contributed by atoms with Crippen molar-refractivity contribution in [2.75, 3.05) is 0 Å².